The van der Waals surface area contributed by atoms with Crippen molar-refractivity contribution in [1.29, 1.82) is 21.0 Å². The Morgan fingerprint density at radius 1 is 0.338 bits per heavy atom. The fraction of sp³-hybridized carbons (Fsp3) is 0.0317. The van der Waals surface area contributed by atoms with Crippen LogP contribution in [0.3, 0.4) is 0 Å². The summed E-state index contributed by atoms with van der Waals surface area (Å²) in [5.74, 6) is 1.29. The largest absolute Gasteiger partial charge is 0.308 e. The van der Waals surface area contributed by atoms with Crippen molar-refractivity contribution in [3.63, 3.8) is 0 Å². The average molecular weight is 907 g/mol. The lowest BCUT2D eigenvalue weighted by atomic mass is 9.88. The minimum Gasteiger partial charge on any atom is -0.308 e. The molecule has 2 heterocycles. The molecule has 0 aliphatic heterocycles. The molecule has 0 N–H and O–H groups in total. The Bertz CT molecular complexity index is 3830. The highest BCUT2D eigenvalue weighted by molar-refractivity contribution is 6.13. The molecule has 0 saturated carbocycles. The van der Waals surface area contributed by atoms with Crippen LogP contribution in [0.25, 0.3) is 106 Å². The van der Waals surface area contributed by atoms with Gasteiger partial charge in [-0.15, -0.1) is 0 Å². The third-order valence-electron chi connectivity index (χ3n) is 12.9. The van der Waals surface area contributed by atoms with Crippen LogP contribution in [0.2, 0.25) is 0 Å². The first-order chi connectivity index (χ1) is 34.8. The first kappa shape index (κ1) is 43.3. The molecule has 0 aliphatic rings. The second-order valence-electron chi connectivity index (χ2n) is 17.5. The number of fused-ring (bicyclic) bond motifs is 3. The maximum absolute atomic E-state index is 10.9. The van der Waals surface area contributed by atoms with Crippen molar-refractivity contribution in [3.8, 4) is 109 Å². The fourth-order valence-electron chi connectivity index (χ4n) is 9.35. The van der Waals surface area contributed by atoms with Crippen LogP contribution < -0.4 is 0 Å². The van der Waals surface area contributed by atoms with Gasteiger partial charge in [0.05, 0.1) is 63.3 Å². The molecular weight excluding hydrogens is 869 g/mol. The molecule has 0 aliphatic carbocycles. The Hall–Kier alpha value is -10.3. The minimum atomic E-state index is 0.281. The fourth-order valence-corrected chi connectivity index (χ4v) is 9.35. The predicted octanol–water partition coefficient (Wildman–Crippen LogP) is 14.7. The van der Waals surface area contributed by atoms with Crippen molar-refractivity contribution in [2.45, 2.75) is 13.8 Å². The van der Waals surface area contributed by atoms with Crippen LogP contribution in [-0.2, 0) is 0 Å². The predicted molar refractivity (Wildman–Crippen MR) is 281 cm³/mol. The van der Waals surface area contributed by atoms with Crippen LogP contribution in [0.5, 0.6) is 0 Å². The summed E-state index contributed by atoms with van der Waals surface area (Å²) < 4.78 is 2.22. The van der Waals surface area contributed by atoms with Crippen LogP contribution in [0.15, 0.2) is 194 Å². The molecule has 11 aromatic rings. The van der Waals surface area contributed by atoms with Crippen molar-refractivity contribution in [3.05, 3.63) is 228 Å². The molecule has 0 spiro atoms. The van der Waals surface area contributed by atoms with Gasteiger partial charge in [0.15, 0.2) is 17.5 Å². The first-order valence-electron chi connectivity index (χ1n) is 23.0. The number of rotatable bonds is 8. The van der Waals surface area contributed by atoms with Crippen molar-refractivity contribution in [2.75, 3.05) is 0 Å². The van der Waals surface area contributed by atoms with Gasteiger partial charge in [-0.1, -0.05) is 145 Å². The normalized spacial score (nSPS) is 10.9. The van der Waals surface area contributed by atoms with E-state index in [-0.39, 0.29) is 11.1 Å². The summed E-state index contributed by atoms with van der Waals surface area (Å²) in [7, 11) is 0. The zero-order valence-electron chi connectivity index (χ0n) is 38.6. The van der Waals surface area contributed by atoms with E-state index in [0.717, 1.165) is 55.2 Å². The monoisotopic (exact) mass is 906 g/mol. The maximum atomic E-state index is 10.9. The molecule has 0 fully saturated rings. The summed E-state index contributed by atoms with van der Waals surface area (Å²) in [6.07, 6.45) is 0. The van der Waals surface area contributed by atoms with E-state index in [2.05, 4.69) is 128 Å². The van der Waals surface area contributed by atoms with E-state index in [9.17, 15) is 21.0 Å². The highest BCUT2D eigenvalue weighted by Crippen LogP contribution is 2.46. The molecule has 330 valence electrons. The van der Waals surface area contributed by atoms with E-state index in [0.29, 0.717) is 62.1 Å². The first-order valence-corrected chi connectivity index (χ1v) is 23.0. The minimum absolute atomic E-state index is 0.281. The molecule has 9 aromatic carbocycles. The van der Waals surface area contributed by atoms with Gasteiger partial charge >= 0.3 is 0 Å². The van der Waals surface area contributed by atoms with E-state index < -0.39 is 0 Å². The second kappa shape index (κ2) is 18.1. The zero-order chi connectivity index (χ0) is 48.6. The summed E-state index contributed by atoms with van der Waals surface area (Å²) in [6.45, 7) is 4.16. The number of hydrogen-bond acceptors (Lipinski definition) is 7. The molecule has 0 saturated heterocycles. The quantitative estimate of drug-likeness (QED) is 0.148. The van der Waals surface area contributed by atoms with Gasteiger partial charge in [-0.2, -0.15) is 21.0 Å². The topological polar surface area (TPSA) is 139 Å². The average Bonchev–Trinajstić information content (AvgIpc) is 3.75. The molecule has 2 aromatic heterocycles. The lowest BCUT2D eigenvalue weighted by molar-refractivity contribution is 1.07. The number of aromatic nitrogens is 4. The van der Waals surface area contributed by atoms with Gasteiger partial charge in [-0.05, 0) is 96.8 Å². The van der Waals surface area contributed by atoms with Gasteiger partial charge in [0.25, 0.3) is 0 Å². The van der Waals surface area contributed by atoms with Crippen LogP contribution >= 0.6 is 0 Å². The molecule has 8 heteroatoms. The summed E-state index contributed by atoms with van der Waals surface area (Å²) in [5.41, 5.74) is 14.8. The van der Waals surface area contributed by atoms with Crippen LogP contribution in [-0.4, -0.2) is 19.5 Å². The summed E-state index contributed by atoms with van der Waals surface area (Å²) in [6, 6.07) is 72.9. The van der Waals surface area contributed by atoms with Crippen LogP contribution in [0, 0.1) is 59.2 Å². The highest BCUT2D eigenvalue weighted by Gasteiger charge is 2.26. The van der Waals surface area contributed by atoms with Gasteiger partial charge in [-0.25, -0.2) is 15.0 Å². The van der Waals surface area contributed by atoms with Crippen molar-refractivity contribution in [2.24, 2.45) is 0 Å². The smallest absolute Gasteiger partial charge is 0.164 e. The molecular formula is C63H38N8. The SMILES string of the molecule is Cc1ccc(-c2ccc3c(c2)c2cc(-c4ccc(C)cc4)ccc2n3-c2c(-c3ccc(C#N)cc3C#N)cc(-c3nc(-c4ccccc4)nc(-c4ccccc4)n3)cc2-c2ccc(C#N)cc2C#N)cc1. The van der Waals surface area contributed by atoms with E-state index >= 15 is 0 Å². The van der Waals surface area contributed by atoms with E-state index in [1.54, 1.807) is 24.3 Å². The van der Waals surface area contributed by atoms with Crippen molar-refractivity contribution in [1.82, 2.24) is 19.5 Å². The number of hydrogen-bond donors (Lipinski definition) is 0. The summed E-state index contributed by atoms with van der Waals surface area (Å²) in [5, 5.41) is 44.0. The van der Waals surface area contributed by atoms with Crippen LogP contribution in [0.4, 0.5) is 0 Å². The number of aryl methyl sites for hydroxylation is 2. The second-order valence-corrected chi connectivity index (χ2v) is 17.5. The van der Waals surface area contributed by atoms with Crippen molar-refractivity contribution >= 4 is 21.8 Å². The Morgan fingerprint density at radius 2 is 0.732 bits per heavy atom. The Morgan fingerprint density at radius 3 is 1.13 bits per heavy atom. The van der Waals surface area contributed by atoms with Crippen molar-refractivity contribution < 1.29 is 0 Å². The Kier molecular flexibility index (Phi) is 11.0. The lowest BCUT2D eigenvalue weighted by Crippen LogP contribution is -2.05. The maximum Gasteiger partial charge on any atom is 0.164 e. The summed E-state index contributed by atoms with van der Waals surface area (Å²) >= 11 is 0. The van der Waals surface area contributed by atoms with Gasteiger partial charge in [0, 0.05) is 49.7 Å². The standard InChI is InChI=1S/C63H38N8/c1-39-13-19-43(20-14-39)47-23-27-58-54(31-47)55-32-48(44-21-15-40(2)16-22-44)24-28-59(55)71(58)60-56(52-25-17-41(35-64)29-50(52)37-66)33-49(34-57(60)53-26-18-42(36-65)30-51(53)38-67)63-69-61(45-9-5-3-6-10-45)68-62(70-63)46-11-7-4-8-12-46/h3-34H,1-2H3. The number of nitrogens with zero attached hydrogens (tertiary/aromatic N) is 8. The number of benzene rings is 9. The highest BCUT2D eigenvalue weighted by atomic mass is 15.0. The van der Waals surface area contributed by atoms with Gasteiger partial charge < -0.3 is 4.57 Å². The van der Waals surface area contributed by atoms with Gasteiger partial charge in [0.2, 0.25) is 0 Å². The van der Waals surface area contributed by atoms with Gasteiger partial charge in [-0.3, -0.25) is 0 Å². The Balaban J connectivity index is 1.30. The van der Waals surface area contributed by atoms with Gasteiger partial charge in [0.1, 0.15) is 0 Å². The number of nitriles is 4. The van der Waals surface area contributed by atoms with E-state index in [1.165, 1.54) is 11.1 Å². The summed E-state index contributed by atoms with van der Waals surface area (Å²) in [4.78, 5) is 15.3. The molecule has 0 unspecified atom stereocenters. The third-order valence-corrected chi connectivity index (χ3v) is 12.9. The van der Waals surface area contributed by atoms with E-state index in [4.69, 9.17) is 15.0 Å². The molecule has 0 amide bonds. The van der Waals surface area contributed by atoms with Crippen LogP contribution in [0.1, 0.15) is 33.4 Å². The molecule has 0 atom stereocenters. The zero-order valence-corrected chi connectivity index (χ0v) is 38.6. The lowest BCUT2D eigenvalue weighted by Gasteiger charge is -2.22. The molecule has 11 rings (SSSR count). The molecule has 8 nitrogen and oxygen atoms in total. The Labute approximate surface area is 410 Å². The van der Waals surface area contributed by atoms with E-state index in [1.807, 2.05) is 84.9 Å². The molecule has 0 radical (unpaired) electrons. The third kappa shape index (κ3) is 8.01. The molecule has 0 bridgehead atoms. The molecule has 71 heavy (non-hydrogen) atoms.